The average molecular weight is 305 g/mol. The maximum Gasteiger partial charge on any atom is 0.282 e. The lowest BCUT2D eigenvalue weighted by molar-refractivity contribution is -0.688. The first-order valence-corrected chi connectivity index (χ1v) is 7.89. The molecule has 0 bridgehead atoms. The predicted octanol–water partition coefficient (Wildman–Crippen LogP) is 2.93. The van der Waals surface area contributed by atoms with Gasteiger partial charge in [0, 0.05) is 11.3 Å². The van der Waals surface area contributed by atoms with Crippen molar-refractivity contribution >= 4 is 22.4 Å². The third kappa shape index (κ3) is 3.96. The first-order valence-electron chi connectivity index (χ1n) is 7.89. The van der Waals surface area contributed by atoms with Crippen LogP contribution in [-0.4, -0.2) is 11.9 Å². The van der Waals surface area contributed by atoms with E-state index in [0.717, 1.165) is 17.6 Å². The molecule has 23 heavy (non-hydrogen) atoms. The molecule has 1 atom stereocenters. The number of hydrogen-bond donors (Lipinski definition) is 2. The number of carbonyl (C=O) groups is 1. The van der Waals surface area contributed by atoms with Crippen LogP contribution in [0.2, 0.25) is 0 Å². The number of carbonyl (C=O) groups excluding carboxylic acids is 1. The van der Waals surface area contributed by atoms with E-state index < -0.39 is 0 Å². The van der Waals surface area contributed by atoms with Crippen LogP contribution in [0.1, 0.15) is 12.5 Å². The van der Waals surface area contributed by atoms with Crippen LogP contribution >= 0.6 is 0 Å². The molecule has 3 aromatic carbocycles. The summed E-state index contributed by atoms with van der Waals surface area (Å²) in [6, 6.07) is 24.2. The van der Waals surface area contributed by atoms with Crippen molar-refractivity contribution in [3.8, 4) is 0 Å². The molecular weight excluding hydrogens is 284 g/mol. The predicted molar refractivity (Wildman–Crippen MR) is 94.1 cm³/mol. The molecule has 3 N–H and O–H groups in total. The highest BCUT2D eigenvalue weighted by Crippen LogP contribution is 2.18. The summed E-state index contributed by atoms with van der Waals surface area (Å²) in [5.41, 5.74) is 2.06. The van der Waals surface area contributed by atoms with Gasteiger partial charge in [-0.2, -0.15) is 0 Å². The Kier molecular flexibility index (Phi) is 4.69. The van der Waals surface area contributed by atoms with E-state index in [1.54, 1.807) is 0 Å². The van der Waals surface area contributed by atoms with Gasteiger partial charge in [-0.1, -0.05) is 60.7 Å². The molecule has 3 heteroatoms. The zero-order chi connectivity index (χ0) is 16.1. The topological polar surface area (TPSA) is 45.7 Å². The Balaban J connectivity index is 1.60. The molecule has 0 spiro atoms. The molecule has 3 aromatic rings. The summed E-state index contributed by atoms with van der Waals surface area (Å²) < 4.78 is 0. The minimum atomic E-state index is -0.137. The van der Waals surface area contributed by atoms with Crippen LogP contribution in [0.5, 0.6) is 0 Å². The van der Waals surface area contributed by atoms with Crippen molar-refractivity contribution in [3.63, 3.8) is 0 Å². The Morgan fingerprint density at radius 3 is 2.43 bits per heavy atom. The van der Waals surface area contributed by atoms with Crippen molar-refractivity contribution < 1.29 is 10.1 Å². The number of anilines is 1. The van der Waals surface area contributed by atoms with Crippen LogP contribution < -0.4 is 10.6 Å². The first-order chi connectivity index (χ1) is 11.2. The standard InChI is InChI=1S/C20H20N2O/c1-15(21-14-16-7-3-2-4-8-16)20(23)22-19-12-11-17-9-5-6-10-18(17)13-19/h2-13,15,21H,14H2,1H3,(H,22,23)/p+1/t15-/m1/s1. The van der Waals surface area contributed by atoms with Crippen molar-refractivity contribution in [3.05, 3.63) is 78.4 Å². The van der Waals surface area contributed by atoms with Gasteiger partial charge in [0.1, 0.15) is 6.54 Å². The van der Waals surface area contributed by atoms with Gasteiger partial charge in [0.2, 0.25) is 0 Å². The van der Waals surface area contributed by atoms with Crippen molar-refractivity contribution in [1.29, 1.82) is 0 Å². The van der Waals surface area contributed by atoms with Gasteiger partial charge < -0.3 is 10.6 Å². The fourth-order valence-corrected chi connectivity index (χ4v) is 2.56. The second kappa shape index (κ2) is 7.07. The Morgan fingerprint density at radius 1 is 0.957 bits per heavy atom. The van der Waals surface area contributed by atoms with Gasteiger partial charge in [0.15, 0.2) is 6.04 Å². The van der Waals surface area contributed by atoms with Gasteiger partial charge in [-0.05, 0) is 29.8 Å². The summed E-state index contributed by atoms with van der Waals surface area (Å²) >= 11 is 0. The Labute approximate surface area is 136 Å². The lowest BCUT2D eigenvalue weighted by Gasteiger charge is -2.12. The summed E-state index contributed by atoms with van der Waals surface area (Å²) in [6.07, 6.45) is 0. The van der Waals surface area contributed by atoms with Crippen molar-refractivity contribution in [2.45, 2.75) is 19.5 Å². The van der Waals surface area contributed by atoms with Crippen molar-refractivity contribution in [1.82, 2.24) is 0 Å². The SMILES string of the molecule is C[C@@H]([NH2+]Cc1ccccc1)C(=O)Nc1ccc2ccccc2c1. The molecule has 0 aliphatic heterocycles. The van der Waals surface area contributed by atoms with E-state index in [9.17, 15) is 4.79 Å². The fraction of sp³-hybridized carbons (Fsp3) is 0.150. The molecule has 0 aromatic heterocycles. The van der Waals surface area contributed by atoms with E-state index in [4.69, 9.17) is 0 Å². The quantitative estimate of drug-likeness (QED) is 0.748. The van der Waals surface area contributed by atoms with E-state index in [-0.39, 0.29) is 11.9 Å². The van der Waals surface area contributed by atoms with Crippen molar-refractivity contribution in [2.24, 2.45) is 0 Å². The molecule has 0 heterocycles. The molecule has 0 fully saturated rings. The maximum atomic E-state index is 12.3. The van der Waals surface area contributed by atoms with Gasteiger partial charge in [-0.25, -0.2) is 0 Å². The van der Waals surface area contributed by atoms with Crippen LogP contribution in [0, 0.1) is 0 Å². The smallest absolute Gasteiger partial charge is 0.282 e. The van der Waals surface area contributed by atoms with E-state index in [1.165, 1.54) is 10.9 Å². The number of quaternary nitrogens is 1. The summed E-state index contributed by atoms with van der Waals surface area (Å²) in [7, 11) is 0. The second-order valence-electron chi connectivity index (χ2n) is 5.77. The fourth-order valence-electron chi connectivity index (χ4n) is 2.56. The molecule has 0 saturated heterocycles. The third-order valence-corrected chi connectivity index (χ3v) is 3.98. The number of amides is 1. The molecule has 0 radical (unpaired) electrons. The molecule has 0 unspecified atom stereocenters. The van der Waals surface area contributed by atoms with Crippen molar-refractivity contribution in [2.75, 3.05) is 5.32 Å². The molecule has 3 nitrogen and oxygen atoms in total. The van der Waals surface area contributed by atoms with Gasteiger partial charge in [0.05, 0.1) is 0 Å². The van der Waals surface area contributed by atoms with Gasteiger partial charge in [0.25, 0.3) is 5.91 Å². The monoisotopic (exact) mass is 305 g/mol. The molecule has 0 aliphatic carbocycles. The summed E-state index contributed by atoms with van der Waals surface area (Å²) in [5.74, 6) is 0.0243. The molecule has 0 saturated carbocycles. The Hall–Kier alpha value is -2.65. The van der Waals surface area contributed by atoms with Gasteiger partial charge >= 0.3 is 0 Å². The number of benzene rings is 3. The van der Waals surface area contributed by atoms with E-state index in [2.05, 4.69) is 29.6 Å². The molecule has 0 aliphatic rings. The molecule has 1 amide bonds. The molecule has 3 rings (SSSR count). The lowest BCUT2D eigenvalue weighted by Crippen LogP contribution is -2.90. The largest absolute Gasteiger partial charge is 0.333 e. The van der Waals surface area contributed by atoms with E-state index >= 15 is 0 Å². The average Bonchev–Trinajstić information content (AvgIpc) is 2.60. The number of fused-ring (bicyclic) bond motifs is 1. The third-order valence-electron chi connectivity index (χ3n) is 3.98. The number of nitrogens with one attached hydrogen (secondary N) is 1. The van der Waals surface area contributed by atoms with E-state index in [1.807, 2.05) is 60.8 Å². The Morgan fingerprint density at radius 2 is 1.65 bits per heavy atom. The number of rotatable bonds is 5. The van der Waals surface area contributed by atoms with Crippen LogP contribution in [0.4, 0.5) is 5.69 Å². The summed E-state index contributed by atoms with van der Waals surface area (Å²) in [5, 5.41) is 7.35. The van der Waals surface area contributed by atoms with E-state index in [0.29, 0.717) is 0 Å². The highest BCUT2D eigenvalue weighted by Gasteiger charge is 2.16. The van der Waals surface area contributed by atoms with Crippen LogP contribution in [0.25, 0.3) is 10.8 Å². The Bertz CT molecular complexity index is 799. The summed E-state index contributed by atoms with van der Waals surface area (Å²) in [4.78, 5) is 12.3. The lowest BCUT2D eigenvalue weighted by atomic mass is 10.1. The van der Waals surface area contributed by atoms with Crippen LogP contribution in [0.15, 0.2) is 72.8 Å². The minimum absolute atomic E-state index is 0.0243. The highest BCUT2D eigenvalue weighted by molar-refractivity contribution is 5.96. The normalized spacial score (nSPS) is 12.0. The van der Waals surface area contributed by atoms with Gasteiger partial charge in [-0.3, -0.25) is 4.79 Å². The van der Waals surface area contributed by atoms with Crippen LogP contribution in [0.3, 0.4) is 0 Å². The maximum absolute atomic E-state index is 12.3. The number of hydrogen-bond acceptors (Lipinski definition) is 1. The molecular formula is C20H21N2O+. The minimum Gasteiger partial charge on any atom is -0.333 e. The second-order valence-corrected chi connectivity index (χ2v) is 5.77. The van der Waals surface area contributed by atoms with Crippen LogP contribution in [-0.2, 0) is 11.3 Å². The molecule has 116 valence electrons. The zero-order valence-electron chi connectivity index (χ0n) is 13.2. The first kappa shape index (κ1) is 15.3. The highest BCUT2D eigenvalue weighted by atomic mass is 16.2. The summed E-state index contributed by atoms with van der Waals surface area (Å²) in [6.45, 7) is 2.73. The number of nitrogens with two attached hydrogens (primary N) is 1. The zero-order valence-corrected chi connectivity index (χ0v) is 13.2. The van der Waals surface area contributed by atoms with Gasteiger partial charge in [-0.15, -0.1) is 0 Å².